The van der Waals surface area contributed by atoms with E-state index in [1.807, 2.05) is 41.2 Å². The third-order valence-corrected chi connectivity index (χ3v) is 5.91. The molecule has 2 aromatic rings. The van der Waals surface area contributed by atoms with Gasteiger partial charge in [-0.05, 0) is 30.0 Å². The van der Waals surface area contributed by atoms with E-state index in [9.17, 15) is 14.4 Å². The van der Waals surface area contributed by atoms with Crippen LogP contribution in [0.3, 0.4) is 0 Å². The van der Waals surface area contributed by atoms with Crippen LogP contribution in [0, 0.1) is 11.8 Å². The fourth-order valence-electron chi connectivity index (χ4n) is 4.30. The lowest BCUT2D eigenvalue weighted by atomic mass is 9.81. The van der Waals surface area contributed by atoms with Crippen molar-refractivity contribution in [3.05, 3.63) is 53.9 Å². The summed E-state index contributed by atoms with van der Waals surface area (Å²) in [5.41, 5.74) is 2.14. The fourth-order valence-corrected chi connectivity index (χ4v) is 4.30. The summed E-state index contributed by atoms with van der Waals surface area (Å²) in [6.45, 7) is 1.31. The summed E-state index contributed by atoms with van der Waals surface area (Å²) in [4.78, 5) is 38.4. The van der Waals surface area contributed by atoms with E-state index in [2.05, 4.69) is 10.4 Å². The standard InChI is InChI=1S/C22H26N4O3/c27-20(10-13-26-21(28)18-4-1-2-5-19(18)22(26)29)23-14-16-6-8-17(9-7-16)15-25-12-3-11-24-25/h3,6-9,11-12,18-19H,1-2,4-5,10,13-15H2,(H,23,27)/t18-,19-/m1/s1. The molecule has 0 bridgehead atoms. The van der Waals surface area contributed by atoms with Crippen LogP contribution in [0.25, 0.3) is 0 Å². The molecule has 7 nitrogen and oxygen atoms in total. The first-order valence-electron chi connectivity index (χ1n) is 10.3. The van der Waals surface area contributed by atoms with Gasteiger partial charge in [-0.3, -0.25) is 24.0 Å². The Hall–Kier alpha value is -2.96. The Morgan fingerprint density at radius 3 is 2.31 bits per heavy atom. The topological polar surface area (TPSA) is 84.3 Å². The van der Waals surface area contributed by atoms with Gasteiger partial charge in [0.1, 0.15) is 0 Å². The van der Waals surface area contributed by atoms with Crippen molar-refractivity contribution in [2.45, 2.75) is 45.2 Å². The molecule has 29 heavy (non-hydrogen) atoms. The minimum absolute atomic E-state index is 0.0831. The Balaban J connectivity index is 1.23. The van der Waals surface area contributed by atoms with Gasteiger partial charge in [0.15, 0.2) is 0 Å². The number of rotatable bonds is 7. The Morgan fingerprint density at radius 1 is 1.03 bits per heavy atom. The molecule has 3 amide bonds. The highest BCUT2D eigenvalue weighted by Crippen LogP contribution is 2.37. The molecule has 1 aromatic carbocycles. The summed E-state index contributed by atoms with van der Waals surface area (Å²) >= 11 is 0. The van der Waals surface area contributed by atoms with E-state index in [4.69, 9.17) is 0 Å². The van der Waals surface area contributed by atoms with Gasteiger partial charge in [0.05, 0.1) is 18.4 Å². The average Bonchev–Trinajstić information content (AvgIpc) is 3.33. The first kappa shape index (κ1) is 19.4. The second kappa shape index (κ2) is 8.59. The van der Waals surface area contributed by atoms with Crippen molar-refractivity contribution < 1.29 is 14.4 Å². The smallest absolute Gasteiger partial charge is 0.233 e. The lowest BCUT2D eigenvalue weighted by molar-refractivity contribution is -0.140. The maximum absolute atomic E-state index is 12.5. The molecule has 1 aliphatic heterocycles. The predicted molar refractivity (Wildman–Crippen MR) is 106 cm³/mol. The van der Waals surface area contributed by atoms with Crippen molar-refractivity contribution in [3.8, 4) is 0 Å². The molecule has 0 unspecified atom stereocenters. The molecule has 1 N–H and O–H groups in total. The number of imide groups is 1. The number of hydrogen-bond acceptors (Lipinski definition) is 4. The maximum Gasteiger partial charge on any atom is 0.233 e. The van der Waals surface area contributed by atoms with E-state index < -0.39 is 0 Å². The van der Waals surface area contributed by atoms with E-state index in [1.165, 1.54) is 4.90 Å². The zero-order valence-corrected chi connectivity index (χ0v) is 16.4. The predicted octanol–water partition coefficient (Wildman–Crippen LogP) is 2.11. The highest BCUT2D eigenvalue weighted by Gasteiger charge is 2.47. The zero-order valence-electron chi connectivity index (χ0n) is 16.4. The van der Waals surface area contributed by atoms with Crippen LogP contribution in [-0.4, -0.2) is 38.9 Å². The summed E-state index contributed by atoms with van der Waals surface area (Å²) in [6, 6.07) is 9.90. The molecule has 1 saturated heterocycles. The van der Waals surface area contributed by atoms with Crippen molar-refractivity contribution in [3.63, 3.8) is 0 Å². The number of nitrogens with zero attached hydrogens (tertiary/aromatic N) is 3. The molecule has 1 saturated carbocycles. The van der Waals surface area contributed by atoms with Crippen molar-refractivity contribution in [1.29, 1.82) is 0 Å². The van der Waals surface area contributed by atoms with Gasteiger partial charge < -0.3 is 5.32 Å². The van der Waals surface area contributed by atoms with Crippen LogP contribution >= 0.6 is 0 Å². The first-order valence-corrected chi connectivity index (χ1v) is 10.3. The van der Waals surface area contributed by atoms with E-state index in [1.54, 1.807) is 6.20 Å². The number of amides is 3. The highest BCUT2D eigenvalue weighted by molar-refractivity contribution is 6.05. The molecule has 1 aliphatic carbocycles. The van der Waals surface area contributed by atoms with Gasteiger partial charge in [0.25, 0.3) is 0 Å². The molecule has 0 radical (unpaired) electrons. The van der Waals surface area contributed by atoms with Gasteiger partial charge in [0.2, 0.25) is 17.7 Å². The van der Waals surface area contributed by atoms with E-state index in [0.717, 1.165) is 36.8 Å². The molecule has 1 aromatic heterocycles. The highest BCUT2D eigenvalue weighted by atomic mass is 16.2. The van der Waals surface area contributed by atoms with Gasteiger partial charge in [-0.2, -0.15) is 5.10 Å². The maximum atomic E-state index is 12.5. The molecule has 2 atom stereocenters. The van der Waals surface area contributed by atoms with Crippen LogP contribution in [0.1, 0.15) is 43.2 Å². The molecular weight excluding hydrogens is 368 g/mol. The van der Waals surface area contributed by atoms with Crippen molar-refractivity contribution in [2.75, 3.05) is 6.54 Å². The van der Waals surface area contributed by atoms with Gasteiger partial charge >= 0.3 is 0 Å². The molecule has 7 heteroatoms. The van der Waals surface area contributed by atoms with Crippen LogP contribution in [0.2, 0.25) is 0 Å². The number of benzene rings is 1. The summed E-state index contributed by atoms with van der Waals surface area (Å²) in [7, 11) is 0. The number of carbonyl (C=O) groups is 3. The quantitative estimate of drug-likeness (QED) is 0.729. The Bertz CT molecular complexity index is 852. The van der Waals surface area contributed by atoms with Gasteiger partial charge in [-0.15, -0.1) is 0 Å². The number of hydrogen-bond donors (Lipinski definition) is 1. The Kier molecular flexibility index (Phi) is 5.74. The lowest BCUT2D eigenvalue weighted by Gasteiger charge is -2.19. The van der Waals surface area contributed by atoms with Gasteiger partial charge in [-0.1, -0.05) is 37.1 Å². The number of carbonyl (C=O) groups excluding carboxylic acids is 3. The summed E-state index contributed by atoms with van der Waals surface area (Å²) in [6.07, 6.45) is 7.43. The lowest BCUT2D eigenvalue weighted by Crippen LogP contribution is -2.35. The van der Waals surface area contributed by atoms with E-state index in [-0.39, 0.29) is 42.5 Å². The third-order valence-electron chi connectivity index (χ3n) is 5.91. The first-order chi connectivity index (χ1) is 14.1. The normalized spacial score (nSPS) is 21.3. The van der Waals surface area contributed by atoms with Gasteiger partial charge in [-0.25, -0.2) is 0 Å². The molecule has 0 spiro atoms. The summed E-state index contributed by atoms with van der Waals surface area (Å²) < 4.78 is 1.86. The minimum Gasteiger partial charge on any atom is -0.352 e. The largest absolute Gasteiger partial charge is 0.352 e. The average molecular weight is 394 g/mol. The number of nitrogens with one attached hydrogen (secondary N) is 1. The third kappa shape index (κ3) is 4.39. The minimum atomic E-state index is -0.153. The summed E-state index contributed by atoms with van der Waals surface area (Å²) in [5.74, 6) is -0.624. The van der Waals surface area contributed by atoms with Crippen LogP contribution in [0.15, 0.2) is 42.7 Å². The Morgan fingerprint density at radius 2 is 1.69 bits per heavy atom. The number of aromatic nitrogens is 2. The molecular formula is C22H26N4O3. The molecule has 2 heterocycles. The van der Waals surface area contributed by atoms with Crippen molar-refractivity contribution in [1.82, 2.24) is 20.0 Å². The molecule has 152 valence electrons. The van der Waals surface area contributed by atoms with Crippen molar-refractivity contribution in [2.24, 2.45) is 11.8 Å². The van der Waals surface area contributed by atoms with E-state index >= 15 is 0 Å². The SMILES string of the molecule is O=C(CCN1C(=O)[C@@H]2CCCC[C@H]2C1=O)NCc1ccc(Cn2cccn2)cc1. The van der Waals surface area contributed by atoms with Crippen LogP contribution in [0.5, 0.6) is 0 Å². The van der Waals surface area contributed by atoms with Crippen LogP contribution < -0.4 is 5.32 Å². The van der Waals surface area contributed by atoms with E-state index in [0.29, 0.717) is 13.1 Å². The summed E-state index contributed by atoms with van der Waals surface area (Å²) in [5, 5.41) is 7.06. The van der Waals surface area contributed by atoms with Crippen LogP contribution in [-0.2, 0) is 27.5 Å². The van der Waals surface area contributed by atoms with Crippen molar-refractivity contribution >= 4 is 17.7 Å². The molecule has 2 fully saturated rings. The number of likely N-dealkylation sites (tertiary alicyclic amines) is 1. The zero-order chi connectivity index (χ0) is 20.2. The fraction of sp³-hybridized carbons (Fsp3) is 0.455. The number of fused-ring (bicyclic) bond motifs is 1. The second-order valence-electron chi connectivity index (χ2n) is 7.87. The Labute approximate surface area is 170 Å². The molecule has 2 aliphatic rings. The monoisotopic (exact) mass is 394 g/mol. The second-order valence-corrected chi connectivity index (χ2v) is 7.87. The molecule has 4 rings (SSSR count). The van der Waals surface area contributed by atoms with Gasteiger partial charge in [0, 0.05) is 31.9 Å². The van der Waals surface area contributed by atoms with Crippen LogP contribution in [0.4, 0.5) is 0 Å².